The summed E-state index contributed by atoms with van der Waals surface area (Å²) in [5.74, 6) is 0.784. The normalized spacial score (nSPS) is 18.4. The SMILES string of the molecule is CCC(C)(C)NC1=NC2(ON1C)c1ccccc1CCCc1ccccc12. The Bertz CT molecular complexity index is 824. The van der Waals surface area contributed by atoms with Crippen molar-refractivity contribution in [3.8, 4) is 0 Å². The van der Waals surface area contributed by atoms with Gasteiger partial charge in [0.2, 0.25) is 11.7 Å². The van der Waals surface area contributed by atoms with E-state index in [2.05, 4.69) is 74.6 Å². The molecule has 1 aliphatic heterocycles. The molecule has 0 bridgehead atoms. The number of benzene rings is 2. The molecular formula is C23H29N3O. The van der Waals surface area contributed by atoms with Crippen molar-refractivity contribution in [2.24, 2.45) is 4.99 Å². The van der Waals surface area contributed by atoms with Gasteiger partial charge in [0.25, 0.3) is 0 Å². The van der Waals surface area contributed by atoms with E-state index in [4.69, 9.17) is 9.83 Å². The summed E-state index contributed by atoms with van der Waals surface area (Å²) < 4.78 is 0. The van der Waals surface area contributed by atoms with E-state index in [1.54, 1.807) is 5.06 Å². The van der Waals surface area contributed by atoms with Crippen LogP contribution in [0.5, 0.6) is 0 Å². The van der Waals surface area contributed by atoms with Crippen molar-refractivity contribution in [3.63, 3.8) is 0 Å². The number of rotatable bonds is 2. The zero-order chi connectivity index (χ0) is 19.1. The molecule has 1 N–H and O–H groups in total. The number of hydrogen-bond acceptors (Lipinski definition) is 4. The van der Waals surface area contributed by atoms with E-state index in [0.29, 0.717) is 0 Å². The third-order valence-electron chi connectivity index (χ3n) is 5.82. The Morgan fingerprint density at radius 1 is 1.04 bits per heavy atom. The number of nitrogens with one attached hydrogen (secondary N) is 1. The summed E-state index contributed by atoms with van der Waals surface area (Å²) >= 11 is 0. The number of hydrogen-bond donors (Lipinski definition) is 1. The molecule has 1 aliphatic carbocycles. The van der Waals surface area contributed by atoms with Crippen LogP contribution in [-0.4, -0.2) is 23.6 Å². The number of hydroxylamine groups is 2. The van der Waals surface area contributed by atoms with E-state index in [0.717, 1.165) is 42.8 Å². The smallest absolute Gasteiger partial charge is 0.240 e. The third-order valence-corrected chi connectivity index (χ3v) is 5.82. The van der Waals surface area contributed by atoms with Gasteiger partial charge in [0.05, 0.1) is 0 Å². The molecule has 0 saturated carbocycles. The fraction of sp³-hybridized carbons (Fsp3) is 0.435. The van der Waals surface area contributed by atoms with Crippen molar-refractivity contribution >= 4 is 5.96 Å². The highest BCUT2D eigenvalue weighted by atomic mass is 16.7. The summed E-state index contributed by atoms with van der Waals surface area (Å²) in [6.07, 6.45) is 4.22. The Kier molecular flexibility index (Phi) is 4.47. The van der Waals surface area contributed by atoms with Gasteiger partial charge in [-0.1, -0.05) is 55.5 Å². The maximum Gasteiger partial charge on any atom is 0.240 e. The number of aliphatic imine (C=N–C) groups is 1. The van der Waals surface area contributed by atoms with Crippen molar-refractivity contribution in [2.45, 2.75) is 57.7 Å². The van der Waals surface area contributed by atoms with Gasteiger partial charge in [-0.25, -0.2) is 14.9 Å². The van der Waals surface area contributed by atoms with Gasteiger partial charge in [0.15, 0.2) is 0 Å². The Hall–Kier alpha value is -2.33. The molecule has 0 fully saturated rings. The van der Waals surface area contributed by atoms with Crippen LogP contribution in [0.2, 0.25) is 0 Å². The van der Waals surface area contributed by atoms with E-state index >= 15 is 0 Å². The molecule has 2 aliphatic rings. The first-order valence-electron chi connectivity index (χ1n) is 9.93. The number of nitrogens with zero attached hydrogens (tertiary/aromatic N) is 2. The summed E-state index contributed by atoms with van der Waals surface area (Å²) in [5.41, 5.74) is 4.06. The van der Waals surface area contributed by atoms with Gasteiger partial charge in [-0.05, 0) is 50.7 Å². The van der Waals surface area contributed by atoms with E-state index in [1.807, 2.05) is 7.05 Å². The molecule has 0 radical (unpaired) electrons. The maximum absolute atomic E-state index is 6.55. The molecule has 4 nitrogen and oxygen atoms in total. The summed E-state index contributed by atoms with van der Waals surface area (Å²) in [4.78, 5) is 11.7. The number of guanidine groups is 1. The van der Waals surface area contributed by atoms with Crippen LogP contribution in [0.15, 0.2) is 53.5 Å². The van der Waals surface area contributed by atoms with Crippen LogP contribution >= 0.6 is 0 Å². The van der Waals surface area contributed by atoms with Gasteiger partial charge >= 0.3 is 0 Å². The van der Waals surface area contributed by atoms with Crippen molar-refractivity contribution in [1.29, 1.82) is 0 Å². The van der Waals surface area contributed by atoms with Gasteiger partial charge in [0, 0.05) is 23.7 Å². The average Bonchev–Trinajstić information content (AvgIpc) is 2.98. The molecule has 0 atom stereocenters. The molecule has 1 spiro atoms. The van der Waals surface area contributed by atoms with Gasteiger partial charge in [-0.3, -0.25) is 0 Å². The zero-order valence-electron chi connectivity index (χ0n) is 16.7. The monoisotopic (exact) mass is 363 g/mol. The lowest BCUT2D eigenvalue weighted by Crippen LogP contribution is -2.47. The Balaban J connectivity index is 1.92. The van der Waals surface area contributed by atoms with Crippen LogP contribution in [0.3, 0.4) is 0 Å². The second kappa shape index (κ2) is 6.68. The highest BCUT2D eigenvalue weighted by Gasteiger charge is 2.47. The predicted molar refractivity (Wildman–Crippen MR) is 109 cm³/mol. The van der Waals surface area contributed by atoms with Crippen molar-refractivity contribution in [2.75, 3.05) is 7.05 Å². The predicted octanol–water partition coefficient (Wildman–Crippen LogP) is 4.39. The minimum Gasteiger partial charge on any atom is -0.350 e. The third kappa shape index (κ3) is 3.12. The lowest BCUT2D eigenvalue weighted by atomic mass is 9.83. The Labute approximate surface area is 162 Å². The minimum atomic E-state index is -0.825. The minimum absolute atomic E-state index is 0.0529. The number of fused-ring (bicyclic) bond motifs is 4. The fourth-order valence-electron chi connectivity index (χ4n) is 3.95. The second-order valence-corrected chi connectivity index (χ2v) is 8.20. The van der Waals surface area contributed by atoms with Crippen molar-refractivity contribution < 1.29 is 4.84 Å². The lowest BCUT2D eigenvalue weighted by molar-refractivity contribution is -0.154. The molecule has 2 aromatic carbocycles. The number of aryl methyl sites for hydroxylation is 2. The van der Waals surface area contributed by atoms with Crippen LogP contribution in [0.25, 0.3) is 0 Å². The van der Waals surface area contributed by atoms with Crippen LogP contribution in [0.4, 0.5) is 0 Å². The topological polar surface area (TPSA) is 36.9 Å². The first-order valence-corrected chi connectivity index (χ1v) is 9.93. The molecule has 0 saturated heterocycles. The van der Waals surface area contributed by atoms with E-state index in [9.17, 15) is 0 Å². The highest BCUT2D eigenvalue weighted by Crippen LogP contribution is 2.44. The summed E-state index contributed by atoms with van der Waals surface area (Å²) in [7, 11) is 1.94. The van der Waals surface area contributed by atoms with Crippen LogP contribution in [-0.2, 0) is 23.4 Å². The van der Waals surface area contributed by atoms with Crippen molar-refractivity contribution in [3.05, 3.63) is 70.8 Å². The van der Waals surface area contributed by atoms with E-state index in [-0.39, 0.29) is 5.54 Å². The molecular weight excluding hydrogens is 334 g/mol. The molecule has 27 heavy (non-hydrogen) atoms. The molecule has 1 heterocycles. The van der Waals surface area contributed by atoms with Crippen LogP contribution in [0.1, 0.15) is 55.9 Å². The Morgan fingerprint density at radius 2 is 1.59 bits per heavy atom. The van der Waals surface area contributed by atoms with Crippen molar-refractivity contribution in [1.82, 2.24) is 10.4 Å². The molecule has 2 aromatic rings. The Morgan fingerprint density at radius 3 is 2.15 bits per heavy atom. The lowest BCUT2D eigenvalue weighted by Gasteiger charge is -2.32. The quantitative estimate of drug-likeness (QED) is 0.860. The van der Waals surface area contributed by atoms with Gasteiger partial charge in [0.1, 0.15) is 0 Å². The standard InChI is InChI=1S/C23H29N3O/c1-5-22(2,3)24-21-25-23(27-26(21)4)19-15-8-6-11-17(19)13-10-14-18-12-7-9-16-20(18)23/h6-9,11-12,15-16H,5,10,13-14H2,1-4H3,(H,24,25). The summed E-state index contributed by atoms with van der Waals surface area (Å²) in [6, 6.07) is 17.2. The molecule has 0 unspecified atom stereocenters. The maximum atomic E-state index is 6.55. The van der Waals surface area contributed by atoms with Gasteiger partial charge in [-0.15, -0.1) is 0 Å². The first kappa shape index (κ1) is 18.1. The summed E-state index contributed by atoms with van der Waals surface area (Å²) in [5, 5.41) is 5.37. The van der Waals surface area contributed by atoms with Crippen LogP contribution < -0.4 is 5.32 Å². The second-order valence-electron chi connectivity index (χ2n) is 8.20. The van der Waals surface area contributed by atoms with E-state index < -0.39 is 5.72 Å². The van der Waals surface area contributed by atoms with E-state index in [1.165, 1.54) is 11.1 Å². The fourth-order valence-corrected chi connectivity index (χ4v) is 3.95. The summed E-state index contributed by atoms with van der Waals surface area (Å²) in [6.45, 7) is 6.56. The average molecular weight is 364 g/mol. The largest absolute Gasteiger partial charge is 0.350 e. The zero-order valence-corrected chi connectivity index (χ0v) is 16.7. The molecule has 142 valence electrons. The highest BCUT2D eigenvalue weighted by molar-refractivity contribution is 5.82. The van der Waals surface area contributed by atoms with Crippen LogP contribution in [0, 0.1) is 0 Å². The first-order chi connectivity index (χ1) is 13.0. The molecule has 4 heteroatoms. The van der Waals surface area contributed by atoms with Gasteiger partial charge in [-0.2, -0.15) is 0 Å². The molecule has 4 rings (SSSR count). The molecule has 0 aromatic heterocycles. The van der Waals surface area contributed by atoms with Gasteiger partial charge < -0.3 is 5.32 Å². The molecule has 0 amide bonds.